The summed E-state index contributed by atoms with van der Waals surface area (Å²) >= 11 is 1.44. The molecule has 20 heavy (non-hydrogen) atoms. The van der Waals surface area contributed by atoms with Crippen LogP contribution in [0.5, 0.6) is 0 Å². The highest BCUT2D eigenvalue weighted by molar-refractivity contribution is 7.13. The third-order valence-electron chi connectivity index (χ3n) is 2.90. The number of piperidine rings is 1. The zero-order chi connectivity index (χ0) is 14.4. The van der Waals surface area contributed by atoms with Gasteiger partial charge in [0.05, 0.1) is 6.61 Å². The zero-order valence-corrected chi connectivity index (χ0v) is 12.2. The molecule has 8 heteroatoms. The fraction of sp³-hybridized carbons (Fsp3) is 0.583. The zero-order valence-electron chi connectivity index (χ0n) is 11.3. The Labute approximate surface area is 121 Å². The summed E-state index contributed by atoms with van der Waals surface area (Å²) in [6.07, 6.45) is 2.88. The lowest BCUT2D eigenvalue weighted by molar-refractivity contribution is 0.0908. The van der Waals surface area contributed by atoms with E-state index in [1.807, 2.05) is 0 Å². The Bertz CT molecular complexity index is 471. The summed E-state index contributed by atoms with van der Waals surface area (Å²) in [5, 5.41) is 2.54. The number of thiazole rings is 1. The van der Waals surface area contributed by atoms with Crippen molar-refractivity contribution in [1.29, 1.82) is 0 Å². The maximum absolute atomic E-state index is 11.8. The van der Waals surface area contributed by atoms with Crippen LogP contribution in [0.2, 0.25) is 0 Å². The van der Waals surface area contributed by atoms with Gasteiger partial charge in [-0.15, -0.1) is 11.3 Å². The van der Waals surface area contributed by atoms with Crippen LogP contribution in [0.3, 0.4) is 0 Å². The second-order valence-corrected chi connectivity index (χ2v) is 5.20. The van der Waals surface area contributed by atoms with Gasteiger partial charge in [0.25, 0.3) is 5.91 Å². The molecule has 2 amide bonds. The monoisotopic (exact) mass is 298 g/mol. The molecule has 2 heterocycles. The Kier molecular flexibility index (Phi) is 5.16. The van der Waals surface area contributed by atoms with Crippen LogP contribution in [0.4, 0.5) is 9.93 Å². The summed E-state index contributed by atoms with van der Waals surface area (Å²) in [5.41, 5.74) is 4.72. The van der Waals surface area contributed by atoms with E-state index in [-0.39, 0.29) is 6.61 Å². The number of amides is 2. The summed E-state index contributed by atoms with van der Waals surface area (Å²) in [5.74, 6) is -0.447. The molecule has 0 saturated carbocycles. The summed E-state index contributed by atoms with van der Waals surface area (Å²) < 4.78 is 4.64. The van der Waals surface area contributed by atoms with E-state index in [1.165, 1.54) is 17.8 Å². The molecule has 2 rings (SSSR count). The quantitative estimate of drug-likeness (QED) is 0.827. The van der Waals surface area contributed by atoms with E-state index >= 15 is 0 Å². The highest BCUT2D eigenvalue weighted by Crippen LogP contribution is 2.23. The molecule has 0 unspecified atom stereocenters. The van der Waals surface area contributed by atoms with Gasteiger partial charge in [-0.3, -0.25) is 10.2 Å². The van der Waals surface area contributed by atoms with Crippen LogP contribution in [0, 0.1) is 0 Å². The molecular formula is C12H18N4O3S. The third kappa shape index (κ3) is 3.83. The third-order valence-corrected chi connectivity index (χ3v) is 3.81. The minimum absolute atomic E-state index is 0.248. The predicted octanol–water partition coefficient (Wildman–Crippen LogP) is 1.52. The van der Waals surface area contributed by atoms with Crippen LogP contribution in [-0.4, -0.2) is 36.7 Å². The molecule has 7 nitrogen and oxygen atoms in total. The molecule has 1 aromatic heterocycles. The van der Waals surface area contributed by atoms with Gasteiger partial charge in [-0.1, -0.05) is 0 Å². The Morgan fingerprint density at radius 2 is 2.10 bits per heavy atom. The van der Waals surface area contributed by atoms with Crippen molar-refractivity contribution in [2.45, 2.75) is 26.2 Å². The minimum atomic E-state index is -0.688. The van der Waals surface area contributed by atoms with Crippen LogP contribution < -0.4 is 15.8 Å². The molecule has 1 aromatic rings. The number of hydrogen-bond acceptors (Lipinski definition) is 6. The second-order valence-electron chi connectivity index (χ2n) is 4.36. The number of carbonyl (C=O) groups excluding carboxylic acids is 2. The second kappa shape index (κ2) is 7.09. The van der Waals surface area contributed by atoms with Gasteiger partial charge in [-0.25, -0.2) is 15.2 Å². The molecule has 0 bridgehead atoms. The lowest BCUT2D eigenvalue weighted by atomic mass is 10.1. The predicted molar refractivity (Wildman–Crippen MR) is 75.8 cm³/mol. The number of anilines is 1. The van der Waals surface area contributed by atoms with Gasteiger partial charge in [0.1, 0.15) is 5.69 Å². The molecule has 1 saturated heterocycles. The van der Waals surface area contributed by atoms with Crippen molar-refractivity contribution in [3.63, 3.8) is 0 Å². The average Bonchev–Trinajstić information content (AvgIpc) is 2.96. The maximum atomic E-state index is 11.8. The largest absolute Gasteiger partial charge is 0.449 e. The summed E-state index contributed by atoms with van der Waals surface area (Å²) in [7, 11) is 0. The van der Waals surface area contributed by atoms with E-state index < -0.39 is 12.0 Å². The molecule has 1 aliphatic heterocycles. The van der Waals surface area contributed by atoms with Crippen LogP contribution >= 0.6 is 11.3 Å². The standard InChI is InChI=1S/C12H18N4O3S/c1-2-19-12(18)15-14-10(17)9-8-20-11(13-9)16-6-4-3-5-7-16/h8H,2-7H2,1H3,(H,14,17)(H,15,18). The van der Waals surface area contributed by atoms with Crippen molar-refractivity contribution in [2.75, 3.05) is 24.6 Å². The van der Waals surface area contributed by atoms with Gasteiger partial charge < -0.3 is 9.64 Å². The lowest BCUT2D eigenvalue weighted by Crippen LogP contribution is -2.42. The van der Waals surface area contributed by atoms with Gasteiger partial charge in [-0.2, -0.15) is 0 Å². The van der Waals surface area contributed by atoms with E-state index in [0.717, 1.165) is 31.1 Å². The fourth-order valence-corrected chi connectivity index (χ4v) is 2.80. The summed E-state index contributed by atoms with van der Waals surface area (Å²) in [4.78, 5) is 29.3. The van der Waals surface area contributed by atoms with Crippen molar-refractivity contribution < 1.29 is 14.3 Å². The molecule has 0 atom stereocenters. The van der Waals surface area contributed by atoms with Gasteiger partial charge >= 0.3 is 6.09 Å². The molecular weight excluding hydrogens is 280 g/mol. The first kappa shape index (κ1) is 14.6. The van der Waals surface area contributed by atoms with Gasteiger partial charge in [0.15, 0.2) is 5.13 Å². The highest BCUT2D eigenvalue weighted by Gasteiger charge is 2.17. The van der Waals surface area contributed by atoms with E-state index in [1.54, 1.807) is 12.3 Å². The van der Waals surface area contributed by atoms with Crippen LogP contribution in [0.1, 0.15) is 36.7 Å². The number of aromatic nitrogens is 1. The molecule has 1 fully saturated rings. The first-order valence-electron chi connectivity index (χ1n) is 6.64. The van der Waals surface area contributed by atoms with E-state index in [2.05, 4.69) is 25.5 Å². The Morgan fingerprint density at radius 1 is 1.35 bits per heavy atom. The Morgan fingerprint density at radius 3 is 2.80 bits per heavy atom. The molecule has 110 valence electrons. The lowest BCUT2D eigenvalue weighted by Gasteiger charge is -2.25. The topological polar surface area (TPSA) is 83.6 Å². The van der Waals surface area contributed by atoms with E-state index in [9.17, 15) is 9.59 Å². The van der Waals surface area contributed by atoms with Crippen LogP contribution in [0.25, 0.3) is 0 Å². The van der Waals surface area contributed by atoms with Gasteiger partial charge in [-0.05, 0) is 26.2 Å². The number of ether oxygens (including phenoxy) is 1. The number of nitrogens with zero attached hydrogens (tertiary/aromatic N) is 2. The molecule has 0 aliphatic carbocycles. The van der Waals surface area contributed by atoms with Crippen LogP contribution in [0.15, 0.2) is 5.38 Å². The molecule has 2 N–H and O–H groups in total. The van der Waals surface area contributed by atoms with Crippen molar-refractivity contribution in [3.8, 4) is 0 Å². The van der Waals surface area contributed by atoms with Crippen molar-refractivity contribution >= 4 is 28.5 Å². The number of hydrazine groups is 1. The van der Waals surface area contributed by atoms with E-state index in [4.69, 9.17) is 0 Å². The minimum Gasteiger partial charge on any atom is -0.449 e. The van der Waals surface area contributed by atoms with Gasteiger partial charge in [0, 0.05) is 18.5 Å². The Balaban J connectivity index is 1.87. The highest BCUT2D eigenvalue weighted by atomic mass is 32.1. The van der Waals surface area contributed by atoms with Gasteiger partial charge in [0.2, 0.25) is 0 Å². The average molecular weight is 298 g/mol. The number of nitrogens with one attached hydrogen (secondary N) is 2. The SMILES string of the molecule is CCOC(=O)NNC(=O)c1csc(N2CCCCC2)n1. The normalized spacial score (nSPS) is 14.8. The van der Waals surface area contributed by atoms with E-state index in [0.29, 0.717) is 5.69 Å². The number of carbonyl (C=O) groups is 2. The number of hydrogen-bond donors (Lipinski definition) is 2. The molecule has 0 aromatic carbocycles. The van der Waals surface area contributed by atoms with Crippen molar-refractivity contribution in [1.82, 2.24) is 15.8 Å². The molecule has 0 spiro atoms. The molecule has 0 radical (unpaired) electrons. The maximum Gasteiger partial charge on any atom is 0.426 e. The Hall–Kier alpha value is -1.83. The fourth-order valence-electron chi connectivity index (χ4n) is 1.94. The first-order valence-corrected chi connectivity index (χ1v) is 7.52. The van der Waals surface area contributed by atoms with Crippen molar-refractivity contribution in [2.24, 2.45) is 0 Å². The van der Waals surface area contributed by atoms with Crippen molar-refractivity contribution in [3.05, 3.63) is 11.1 Å². The first-order chi connectivity index (χ1) is 9.70. The van der Waals surface area contributed by atoms with Crippen LogP contribution in [-0.2, 0) is 4.74 Å². The number of rotatable bonds is 3. The molecule has 1 aliphatic rings. The summed E-state index contributed by atoms with van der Waals surface area (Å²) in [6, 6.07) is 0. The summed E-state index contributed by atoms with van der Waals surface area (Å²) in [6.45, 7) is 3.90. The smallest absolute Gasteiger partial charge is 0.426 e.